The van der Waals surface area contributed by atoms with Crippen LogP contribution in [-0.4, -0.2) is 19.9 Å². The van der Waals surface area contributed by atoms with Crippen molar-refractivity contribution in [2.75, 3.05) is 0 Å². The van der Waals surface area contributed by atoms with Crippen LogP contribution in [0.1, 0.15) is 4.88 Å². The summed E-state index contributed by atoms with van der Waals surface area (Å²) in [7, 11) is 0. The zero-order valence-corrected chi connectivity index (χ0v) is 18.6. The second-order valence-electron chi connectivity index (χ2n) is 7.47. The van der Waals surface area contributed by atoms with Gasteiger partial charge in [0.25, 0.3) is 0 Å². The van der Waals surface area contributed by atoms with E-state index in [0.29, 0.717) is 21.6 Å². The second-order valence-corrected chi connectivity index (χ2v) is 9.65. The molecule has 0 aliphatic heterocycles. The number of H-pyrrole nitrogens is 1. The van der Waals surface area contributed by atoms with Crippen LogP contribution in [0.5, 0.6) is 0 Å². The highest BCUT2D eigenvalue weighted by Gasteiger charge is 2.17. The number of fused-ring (bicyclic) bond motifs is 2. The van der Waals surface area contributed by atoms with Crippen LogP contribution < -0.4 is 5.43 Å². The Morgan fingerprint density at radius 2 is 1.91 bits per heavy atom. The van der Waals surface area contributed by atoms with Crippen LogP contribution in [0.15, 0.2) is 77.3 Å². The summed E-state index contributed by atoms with van der Waals surface area (Å²) in [6.07, 6.45) is 5.21. The summed E-state index contributed by atoms with van der Waals surface area (Å²) in [4.78, 5) is 32.5. The number of nitrogens with one attached hydrogen (secondary N) is 1. The molecular formula is C25H16N4OS2. The molecule has 32 heavy (non-hydrogen) atoms. The van der Waals surface area contributed by atoms with E-state index < -0.39 is 0 Å². The quantitative estimate of drug-likeness (QED) is 0.342. The molecule has 0 spiro atoms. The van der Waals surface area contributed by atoms with E-state index in [4.69, 9.17) is 4.98 Å². The monoisotopic (exact) mass is 452 g/mol. The second kappa shape index (κ2) is 7.47. The van der Waals surface area contributed by atoms with Gasteiger partial charge >= 0.3 is 0 Å². The van der Waals surface area contributed by atoms with E-state index >= 15 is 0 Å². The van der Waals surface area contributed by atoms with Crippen LogP contribution in [0.25, 0.3) is 54.2 Å². The third-order valence-corrected chi connectivity index (χ3v) is 7.23. The summed E-state index contributed by atoms with van der Waals surface area (Å²) in [5, 5.41) is 4.16. The molecule has 0 amide bonds. The summed E-state index contributed by atoms with van der Waals surface area (Å²) in [6, 6.07) is 16.3. The first-order valence-electron chi connectivity index (χ1n) is 10.1. The van der Waals surface area contributed by atoms with Gasteiger partial charge in [0.2, 0.25) is 5.43 Å². The maximum Gasteiger partial charge on any atom is 0.201 e. The van der Waals surface area contributed by atoms with Crippen LogP contribution in [0, 0.1) is 6.92 Å². The fourth-order valence-electron chi connectivity index (χ4n) is 3.88. The molecule has 0 bridgehead atoms. The molecule has 6 rings (SSSR count). The molecule has 6 aromatic rings. The van der Waals surface area contributed by atoms with Crippen molar-refractivity contribution >= 4 is 44.6 Å². The van der Waals surface area contributed by atoms with Gasteiger partial charge in [-0.15, -0.1) is 22.7 Å². The van der Waals surface area contributed by atoms with Crippen LogP contribution in [0.4, 0.5) is 0 Å². The van der Waals surface area contributed by atoms with E-state index in [0.717, 1.165) is 32.6 Å². The number of aromatic nitrogens is 4. The van der Waals surface area contributed by atoms with Gasteiger partial charge in [-0.25, -0.2) is 9.97 Å². The van der Waals surface area contributed by atoms with Gasteiger partial charge < -0.3 is 4.98 Å². The predicted octanol–water partition coefficient (Wildman–Crippen LogP) is 6.30. The molecule has 0 saturated heterocycles. The molecule has 0 aliphatic rings. The van der Waals surface area contributed by atoms with E-state index in [-0.39, 0.29) is 5.43 Å². The van der Waals surface area contributed by atoms with Crippen molar-refractivity contribution < 1.29 is 0 Å². The number of rotatable bonds is 3. The molecule has 0 saturated carbocycles. The lowest BCUT2D eigenvalue weighted by Crippen LogP contribution is -2.08. The number of thiophene rings is 1. The highest BCUT2D eigenvalue weighted by molar-refractivity contribution is 7.15. The van der Waals surface area contributed by atoms with Crippen LogP contribution in [0.2, 0.25) is 0 Å². The summed E-state index contributed by atoms with van der Waals surface area (Å²) in [6.45, 7) is 2.08. The molecule has 1 N–H and O–H groups in total. The highest BCUT2D eigenvalue weighted by Crippen LogP contribution is 2.37. The summed E-state index contributed by atoms with van der Waals surface area (Å²) in [5.74, 6) is 0. The van der Waals surface area contributed by atoms with Crippen LogP contribution in [-0.2, 0) is 0 Å². The third-order valence-electron chi connectivity index (χ3n) is 5.42. The highest BCUT2D eigenvalue weighted by atomic mass is 32.1. The van der Waals surface area contributed by atoms with Crippen LogP contribution >= 0.6 is 22.7 Å². The van der Waals surface area contributed by atoms with Crippen molar-refractivity contribution in [2.45, 2.75) is 6.92 Å². The number of benzene rings is 1. The number of thiazole rings is 1. The minimum Gasteiger partial charge on any atom is -0.345 e. The Labute approximate surface area is 191 Å². The van der Waals surface area contributed by atoms with E-state index in [1.54, 1.807) is 29.9 Å². The molecule has 0 fully saturated rings. The molecule has 0 unspecified atom stereocenters. The standard InChI is InChI=1S/C25H16N4OS2/c1-14-4-7-21(32-14)22-17(15-5-6-20-16(11-15)3-2-8-26-20)12-18-23(30)19(13-28-24(18)29-22)25-27-9-10-31-25/h2-13H,1H3,(H,28,29,30). The molecule has 0 aliphatic carbocycles. The van der Waals surface area contributed by atoms with Gasteiger partial charge in [-0.1, -0.05) is 12.1 Å². The molecular weight excluding hydrogens is 436 g/mol. The largest absolute Gasteiger partial charge is 0.345 e. The fraction of sp³-hybridized carbons (Fsp3) is 0.0400. The molecule has 0 radical (unpaired) electrons. The Kier molecular flexibility index (Phi) is 4.45. The molecule has 5 nitrogen and oxygen atoms in total. The van der Waals surface area contributed by atoms with Crippen molar-refractivity contribution in [3.8, 4) is 32.3 Å². The Morgan fingerprint density at radius 3 is 2.72 bits per heavy atom. The smallest absolute Gasteiger partial charge is 0.201 e. The number of hydrogen-bond donors (Lipinski definition) is 1. The lowest BCUT2D eigenvalue weighted by Gasteiger charge is -2.11. The van der Waals surface area contributed by atoms with Gasteiger partial charge in [-0.2, -0.15) is 0 Å². The fourth-order valence-corrected chi connectivity index (χ4v) is 5.40. The molecule has 0 atom stereocenters. The van der Waals surface area contributed by atoms with Crippen molar-refractivity contribution in [3.05, 3.63) is 87.6 Å². The van der Waals surface area contributed by atoms with Crippen molar-refractivity contribution in [3.63, 3.8) is 0 Å². The van der Waals surface area contributed by atoms with Gasteiger partial charge in [0.05, 0.1) is 27.0 Å². The van der Waals surface area contributed by atoms with Crippen molar-refractivity contribution in [1.82, 2.24) is 19.9 Å². The molecule has 7 heteroatoms. The Bertz CT molecular complexity index is 1670. The maximum absolute atomic E-state index is 13.4. The third kappa shape index (κ3) is 3.14. The average molecular weight is 453 g/mol. The normalized spacial score (nSPS) is 11.4. The summed E-state index contributed by atoms with van der Waals surface area (Å²) < 4.78 is 0. The topological polar surface area (TPSA) is 71.5 Å². The molecule has 1 aromatic carbocycles. The van der Waals surface area contributed by atoms with Gasteiger partial charge in [0.1, 0.15) is 10.7 Å². The number of aryl methyl sites for hydroxylation is 1. The molecule has 5 aromatic heterocycles. The first-order chi connectivity index (χ1) is 15.7. The van der Waals surface area contributed by atoms with Crippen LogP contribution in [0.3, 0.4) is 0 Å². The number of aromatic amines is 1. The first-order valence-corrected chi connectivity index (χ1v) is 11.8. The van der Waals surface area contributed by atoms with Gasteiger partial charge in [-0.05, 0) is 48.9 Å². The maximum atomic E-state index is 13.4. The predicted molar refractivity (Wildman–Crippen MR) is 132 cm³/mol. The van der Waals surface area contributed by atoms with Gasteiger partial charge in [0.15, 0.2) is 0 Å². The van der Waals surface area contributed by atoms with Crippen molar-refractivity contribution in [2.24, 2.45) is 0 Å². The minimum absolute atomic E-state index is 0.0705. The Morgan fingerprint density at radius 1 is 0.969 bits per heavy atom. The van der Waals surface area contributed by atoms with E-state index in [1.807, 2.05) is 35.7 Å². The summed E-state index contributed by atoms with van der Waals surface area (Å²) >= 11 is 3.14. The van der Waals surface area contributed by atoms with Gasteiger partial charge in [0, 0.05) is 39.8 Å². The SMILES string of the molecule is Cc1ccc(-c2nc3[nH]cc(-c4nccs4)c(=O)c3cc2-c2ccc3ncccc3c2)s1. The zero-order valence-electron chi connectivity index (χ0n) is 17.0. The van der Waals surface area contributed by atoms with Crippen molar-refractivity contribution in [1.29, 1.82) is 0 Å². The lowest BCUT2D eigenvalue weighted by atomic mass is 9.99. The Hall–Kier alpha value is -3.68. The number of nitrogens with zero attached hydrogens (tertiary/aromatic N) is 3. The molecule has 154 valence electrons. The number of pyridine rings is 3. The number of hydrogen-bond acceptors (Lipinski definition) is 6. The molecule has 5 heterocycles. The van der Waals surface area contributed by atoms with E-state index in [9.17, 15) is 4.79 Å². The average Bonchev–Trinajstić information content (AvgIpc) is 3.50. The summed E-state index contributed by atoms with van der Waals surface area (Å²) in [5.41, 5.74) is 4.77. The Balaban J connectivity index is 1.66. The minimum atomic E-state index is -0.0705. The first kappa shape index (κ1) is 19.0. The van der Waals surface area contributed by atoms with E-state index in [2.05, 4.69) is 40.1 Å². The van der Waals surface area contributed by atoms with E-state index in [1.165, 1.54) is 16.2 Å². The zero-order chi connectivity index (χ0) is 21.7. The lowest BCUT2D eigenvalue weighted by molar-refractivity contribution is 1.27. The van der Waals surface area contributed by atoms with Gasteiger partial charge in [-0.3, -0.25) is 9.78 Å².